The van der Waals surface area contributed by atoms with E-state index in [-0.39, 0.29) is 0 Å². The summed E-state index contributed by atoms with van der Waals surface area (Å²) in [6.07, 6.45) is 0. The molecule has 3 aromatic carbocycles. The van der Waals surface area contributed by atoms with Crippen LogP contribution in [0.15, 0.2) is 71.8 Å². The van der Waals surface area contributed by atoms with E-state index in [1.54, 1.807) is 6.92 Å². The lowest BCUT2D eigenvalue weighted by atomic mass is 10.1. The Morgan fingerprint density at radius 3 is 2.31 bits per heavy atom. The maximum absolute atomic E-state index is 13.7. The molecule has 35 heavy (non-hydrogen) atoms. The number of rotatable bonds is 7. The number of aromatic nitrogens is 2. The van der Waals surface area contributed by atoms with E-state index in [1.807, 2.05) is 54.6 Å². The van der Waals surface area contributed by atoms with Crippen molar-refractivity contribution in [2.75, 3.05) is 11.9 Å². The molecule has 0 saturated carbocycles. The number of amides is 2. The summed E-state index contributed by atoms with van der Waals surface area (Å²) in [7, 11) is 0. The second kappa shape index (κ2) is 10.6. The van der Waals surface area contributed by atoms with Gasteiger partial charge >= 0.3 is 0 Å². The third-order valence-electron chi connectivity index (χ3n) is 5.09. The molecule has 10 heteroatoms. The normalized spacial score (nSPS) is 11.8. The van der Waals surface area contributed by atoms with Gasteiger partial charge in [0.2, 0.25) is 11.8 Å². The molecule has 0 bridgehead atoms. The quantitative estimate of drug-likeness (QED) is 0.279. The summed E-state index contributed by atoms with van der Waals surface area (Å²) in [4.78, 5) is 24.6. The van der Waals surface area contributed by atoms with Gasteiger partial charge in [-0.3, -0.25) is 9.59 Å². The van der Waals surface area contributed by atoms with Crippen molar-refractivity contribution in [2.45, 2.75) is 17.2 Å². The van der Waals surface area contributed by atoms with E-state index in [1.165, 1.54) is 11.8 Å². The van der Waals surface area contributed by atoms with E-state index in [9.17, 15) is 22.8 Å². The van der Waals surface area contributed by atoms with Gasteiger partial charge in [0.25, 0.3) is 0 Å². The first-order chi connectivity index (χ1) is 16.8. The van der Waals surface area contributed by atoms with Gasteiger partial charge in [0, 0.05) is 16.3 Å². The largest absolute Gasteiger partial charge is 0.346 e. The molecule has 1 aromatic heterocycles. The predicted octanol–water partition coefficient (Wildman–Crippen LogP) is 4.95. The van der Waals surface area contributed by atoms with E-state index < -0.39 is 46.7 Å². The lowest BCUT2D eigenvalue weighted by molar-refractivity contribution is -0.123. The van der Waals surface area contributed by atoms with Gasteiger partial charge in [-0.1, -0.05) is 66.4 Å². The van der Waals surface area contributed by atoms with Crippen molar-refractivity contribution in [1.82, 2.24) is 15.5 Å². The minimum Gasteiger partial charge on any atom is -0.346 e. The fourth-order valence-corrected chi connectivity index (χ4v) is 4.24. The van der Waals surface area contributed by atoms with E-state index >= 15 is 0 Å². The predicted molar refractivity (Wildman–Crippen MR) is 128 cm³/mol. The van der Waals surface area contributed by atoms with Crippen molar-refractivity contribution >= 4 is 40.0 Å². The fourth-order valence-electron chi connectivity index (χ4n) is 3.32. The molecule has 0 fully saturated rings. The van der Waals surface area contributed by atoms with Crippen LogP contribution in [0.1, 0.15) is 6.92 Å². The third-order valence-corrected chi connectivity index (χ3v) is 6.18. The Balaban J connectivity index is 1.42. The summed E-state index contributed by atoms with van der Waals surface area (Å²) in [5.74, 6) is -5.83. The van der Waals surface area contributed by atoms with Crippen LogP contribution in [0.4, 0.5) is 18.9 Å². The zero-order valence-electron chi connectivity index (χ0n) is 18.4. The number of nitrogens with one attached hydrogen (secondary N) is 2. The van der Waals surface area contributed by atoms with Crippen LogP contribution in [0.3, 0.4) is 0 Å². The van der Waals surface area contributed by atoms with Gasteiger partial charge in [0.05, 0.1) is 17.5 Å². The number of anilines is 1. The lowest BCUT2D eigenvalue weighted by Crippen LogP contribution is -2.37. The van der Waals surface area contributed by atoms with Crippen molar-refractivity contribution < 1.29 is 22.8 Å². The molecule has 2 N–H and O–H groups in total. The molecule has 1 heterocycles. The molecule has 4 aromatic rings. The standard InChI is InChI=1S/C25H19F3N4O2S/c1-14(24(34)29-13-20(33)30-19-12-11-18(26)21(27)22(19)28)35-25-17-10-6-5-9-16(17)23(31-32-25)15-7-3-2-4-8-15/h2-12,14H,13H2,1H3,(H,29,34)(H,30,33). The summed E-state index contributed by atoms with van der Waals surface area (Å²) in [5, 5.41) is 14.9. The number of carbonyl (C=O) groups excluding carboxylic acids is 2. The monoisotopic (exact) mass is 496 g/mol. The highest BCUT2D eigenvalue weighted by atomic mass is 32.2. The smallest absolute Gasteiger partial charge is 0.243 e. The summed E-state index contributed by atoms with van der Waals surface area (Å²) in [5.41, 5.74) is 1.12. The van der Waals surface area contributed by atoms with Gasteiger partial charge in [0.15, 0.2) is 17.5 Å². The first-order valence-corrected chi connectivity index (χ1v) is 11.4. The zero-order valence-corrected chi connectivity index (χ0v) is 19.2. The number of fused-ring (bicyclic) bond motifs is 1. The molecule has 178 valence electrons. The van der Waals surface area contributed by atoms with Gasteiger partial charge in [-0.25, -0.2) is 13.2 Å². The molecule has 0 aliphatic rings. The van der Waals surface area contributed by atoms with Crippen LogP contribution in [0, 0.1) is 17.5 Å². The number of nitrogens with zero attached hydrogens (tertiary/aromatic N) is 2. The minimum atomic E-state index is -1.69. The van der Waals surface area contributed by atoms with E-state index in [2.05, 4.69) is 20.8 Å². The summed E-state index contributed by atoms with van der Waals surface area (Å²) in [6, 6.07) is 18.8. The Morgan fingerprint density at radius 2 is 1.57 bits per heavy atom. The van der Waals surface area contributed by atoms with Crippen molar-refractivity contribution in [3.8, 4) is 11.3 Å². The second-order valence-corrected chi connectivity index (χ2v) is 8.84. The van der Waals surface area contributed by atoms with E-state index in [0.717, 1.165) is 28.1 Å². The average Bonchev–Trinajstić information content (AvgIpc) is 2.88. The number of carbonyl (C=O) groups is 2. The number of halogens is 3. The Kier molecular flexibility index (Phi) is 7.31. The SMILES string of the molecule is CC(Sc1nnc(-c2ccccc2)c2ccccc12)C(=O)NCC(=O)Nc1ccc(F)c(F)c1F. The molecule has 6 nitrogen and oxygen atoms in total. The minimum absolute atomic E-state index is 0.464. The molecule has 2 amide bonds. The van der Waals surface area contributed by atoms with Gasteiger partial charge in [-0.15, -0.1) is 10.2 Å². The highest BCUT2D eigenvalue weighted by molar-refractivity contribution is 8.00. The van der Waals surface area contributed by atoms with Crippen molar-refractivity contribution in [1.29, 1.82) is 0 Å². The summed E-state index contributed by atoms with van der Waals surface area (Å²) < 4.78 is 40.1. The lowest BCUT2D eigenvalue weighted by Gasteiger charge is -2.14. The van der Waals surface area contributed by atoms with E-state index in [4.69, 9.17) is 0 Å². The van der Waals surface area contributed by atoms with Gasteiger partial charge in [-0.2, -0.15) is 0 Å². The molecule has 0 aliphatic carbocycles. The summed E-state index contributed by atoms with van der Waals surface area (Å²) >= 11 is 1.18. The zero-order chi connectivity index (χ0) is 24.9. The number of hydrogen-bond acceptors (Lipinski definition) is 5. The Labute approximate surface area is 203 Å². The van der Waals surface area contributed by atoms with Gasteiger partial charge in [-0.05, 0) is 19.1 Å². The highest BCUT2D eigenvalue weighted by Gasteiger charge is 2.20. The third kappa shape index (κ3) is 5.43. The van der Waals surface area contributed by atoms with Gasteiger partial charge < -0.3 is 10.6 Å². The molecule has 0 radical (unpaired) electrons. The van der Waals surface area contributed by atoms with Gasteiger partial charge in [0.1, 0.15) is 10.7 Å². The first kappa shape index (κ1) is 24.2. The van der Waals surface area contributed by atoms with E-state index in [0.29, 0.717) is 11.1 Å². The topological polar surface area (TPSA) is 84.0 Å². The Morgan fingerprint density at radius 1 is 0.886 bits per heavy atom. The molecule has 0 aliphatic heterocycles. The molecular weight excluding hydrogens is 477 g/mol. The van der Waals surface area contributed by atoms with Crippen LogP contribution in [-0.2, 0) is 9.59 Å². The van der Waals surface area contributed by atoms with Crippen LogP contribution < -0.4 is 10.6 Å². The second-order valence-electron chi connectivity index (χ2n) is 7.51. The fraction of sp³-hybridized carbons (Fsp3) is 0.120. The Hall–Kier alpha value is -3.92. The highest BCUT2D eigenvalue weighted by Crippen LogP contribution is 2.33. The van der Waals surface area contributed by atoms with Crippen LogP contribution in [-0.4, -0.2) is 33.8 Å². The van der Waals surface area contributed by atoms with Crippen LogP contribution in [0.2, 0.25) is 0 Å². The van der Waals surface area contributed by atoms with Crippen LogP contribution in [0.5, 0.6) is 0 Å². The number of benzene rings is 3. The number of thioether (sulfide) groups is 1. The number of hydrogen-bond donors (Lipinski definition) is 2. The molecule has 1 atom stereocenters. The van der Waals surface area contributed by atoms with Crippen molar-refractivity contribution in [3.05, 3.63) is 84.2 Å². The van der Waals surface area contributed by atoms with Crippen molar-refractivity contribution in [3.63, 3.8) is 0 Å². The maximum Gasteiger partial charge on any atom is 0.243 e. The van der Waals surface area contributed by atoms with Crippen LogP contribution in [0.25, 0.3) is 22.0 Å². The molecule has 0 spiro atoms. The average molecular weight is 497 g/mol. The van der Waals surface area contributed by atoms with Crippen molar-refractivity contribution in [2.24, 2.45) is 0 Å². The summed E-state index contributed by atoms with van der Waals surface area (Å²) in [6.45, 7) is 1.16. The Bertz CT molecular complexity index is 1400. The van der Waals surface area contributed by atoms with Crippen LogP contribution >= 0.6 is 11.8 Å². The molecule has 0 saturated heterocycles. The first-order valence-electron chi connectivity index (χ1n) is 10.5. The molecular formula is C25H19F3N4O2S. The molecule has 1 unspecified atom stereocenters. The maximum atomic E-state index is 13.7. The molecule has 4 rings (SSSR count).